The van der Waals surface area contributed by atoms with Gasteiger partial charge in [-0.1, -0.05) is 5.16 Å². The standard InChI is InChI=1S/C12H10F4N2O/c1-6(17)11-5-10(18-19-11)7-2-3-9(13)8(4-7)12(14,15)16/h2-6H,17H2,1H3. The fourth-order valence-electron chi connectivity index (χ4n) is 1.54. The number of nitrogens with zero attached hydrogens (tertiary/aromatic N) is 1. The number of halogens is 4. The van der Waals surface area contributed by atoms with Crippen LogP contribution in [0.3, 0.4) is 0 Å². The van der Waals surface area contributed by atoms with E-state index in [1.165, 1.54) is 12.1 Å². The molecule has 0 saturated heterocycles. The summed E-state index contributed by atoms with van der Waals surface area (Å²) < 4.78 is 55.7. The minimum atomic E-state index is -4.76. The highest BCUT2D eigenvalue weighted by Crippen LogP contribution is 2.34. The first-order valence-corrected chi connectivity index (χ1v) is 5.38. The number of alkyl halides is 3. The van der Waals surface area contributed by atoms with Gasteiger partial charge in [-0.2, -0.15) is 13.2 Å². The van der Waals surface area contributed by atoms with E-state index in [-0.39, 0.29) is 11.3 Å². The van der Waals surface area contributed by atoms with Crippen molar-refractivity contribution in [2.75, 3.05) is 0 Å². The molecule has 1 aromatic heterocycles. The lowest BCUT2D eigenvalue weighted by Crippen LogP contribution is -2.08. The van der Waals surface area contributed by atoms with Gasteiger partial charge in [-0.25, -0.2) is 4.39 Å². The van der Waals surface area contributed by atoms with Crippen LogP contribution in [0.1, 0.15) is 24.3 Å². The van der Waals surface area contributed by atoms with Crippen molar-refractivity contribution in [1.29, 1.82) is 0 Å². The van der Waals surface area contributed by atoms with Crippen molar-refractivity contribution in [3.8, 4) is 11.3 Å². The Bertz CT molecular complexity index is 590. The summed E-state index contributed by atoms with van der Waals surface area (Å²) in [6.07, 6.45) is -4.76. The average molecular weight is 274 g/mol. The van der Waals surface area contributed by atoms with Crippen molar-refractivity contribution < 1.29 is 22.1 Å². The molecule has 0 bridgehead atoms. The number of hydrogen-bond acceptors (Lipinski definition) is 3. The van der Waals surface area contributed by atoms with Crippen LogP contribution < -0.4 is 5.73 Å². The molecule has 2 N–H and O–H groups in total. The molecule has 3 nitrogen and oxygen atoms in total. The molecule has 2 aromatic rings. The average Bonchev–Trinajstić information content (AvgIpc) is 2.77. The summed E-state index contributed by atoms with van der Waals surface area (Å²) >= 11 is 0. The third kappa shape index (κ3) is 2.76. The number of benzene rings is 1. The molecule has 0 saturated carbocycles. The molecule has 19 heavy (non-hydrogen) atoms. The zero-order valence-electron chi connectivity index (χ0n) is 9.83. The minimum Gasteiger partial charge on any atom is -0.359 e. The van der Waals surface area contributed by atoms with Crippen molar-refractivity contribution in [2.45, 2.75) is 19.1 Å². The Morgan fingerprint density at radius 1 is 1.26 bits per heavy atom. The second-order valence-corrected chi connectivity index (χ2v) is 4.10. The van der Waals surface area contributed by atoms with Crippen LogP contribution in [0.2, 0.25) is 0 Å². The lowest BCUT2D eigenvalue weighted by Gasteiger charge is -2.08. The molecular formula is C12H10F4N2O. The van der Waals surface area contributed by atoms with Crippen LogP contribution in [-0.4, -0.2) is 5.16 Å². The van der Waals surface area contributed by atoms with Crippen LogP contribution in [0.15, 0.2) is 28.8 Å². The summed E-state index contributed by atoms with van der Waals surface area (Å²) in [5.74, 6) is -0.986. The van der Waals surface area contributed by atoms with Gasteiger partial charge >= 0.3 is 6.18 Å². The fraction of sp³-hybridized carbons (Fsp3) is 0.250. The number of nitrogens with two attached hydrogens (primary N) is 1. The number of hydrogen-bond donors (Lipinski definition) is 1. The first-order chi connectivity index (χ1) is 8.79. The highest BCUT2D eigenvalue weighted by molar-refractivity contribution is 5.60. The molecule has 2 rings (SSSR count). The molecule has 0 fully saturated rings. The molecule has 0 aliphatic carbocycles. The molecule has 0 aliphatic heterocycles. The number of rotatable bonds is 2. The third-order valence-corrected chi connectivity index (χ3v) is 2.54. The van der Waals surface area contributed by atoms with E-state index < -0.39 is 23.6 Å². The Kier molecular flexibility index (Phi) is 3.32. The quantitative estimate of drug-likeness (QED) is 0.852. The van der Waals surface area contributed by atoms with E-state index in [1.807, 2.05) is 0 Å². The topological polar surface area (TPSA) is 52.0 Å². The third-order valence-electron chi connectivity index (χ3n) is 2.54. The van der Waals surface area contributed by atoms with Crippen LogP contribution in [0, 0.1) is 5.82 Å². The van der Waals surface area contributed by atoms with Gasteiger partial charge in [0.2, 0.25) is 0 Å². The van der Waals surface area contributed by atoms with Crippen LogP contribution in [0.25, 0.3) is 11.3 Å². The Labute approximate surface area is 106 Å². The second-order valence-electron chi connectivity index (χ2n) is 4.10. The van der Waals surface area contributed by atoms with Gasteiger partial charge in [0, 0.05) is 11.6 Å². The lowest BCUT2D eigenvalue weighted by molar-refractivity contribution is -0.139. The molecule has 0 aliphatic rings. The molecule has 7 heteroatoms. The predicted molar refractivity (Wildman–Crippen MR) is 59.5 cm³/mol. The van der Waals surface area contributed by atoms with Crippen molar-refractivity contribution in [3.05, 3.63) is 41.4 Å². The van der Waals surface area contributed by atoms with Gasteiger partial charge < -0.3 is 10.3 Å². The van der Waals surface area contributed by atoms with Gasteiger partial charge in [-0.15, -0.1) is 0 Å². The van der Waals surface area contributed by atoms with Crippen LogP contribution in [-0.2, 0) is 6.18 Å². The SMILES string of the molecule is CC(N)c1cc(-c2ccc(F)c(C(F)(F)F)c2)no1. The van der Waals surface area contributed by atoms with E-state index in [1.54, 1.807) is 6.92 Å². The first-order valence-electron chi connectivity index (χ1n) is 5.38. The smallest absolute Gasteiger partial charge is 0.359 e. The van der Waals surface area contributed by atoms with E-state index in [2.05, 4.69) is 5.16 Å². The Morgan fingerprint density at radius 2 is 1.95 bits per heavy atom. The monoisotopic (exact) mass is 274 g/mol. The maximum absolute atomic E-state index is 13.1. The summed E-state index contributed by atoms with van der Waals surface area (Å²) in [6, 6.07) is 3.64. The molecule has 1 aromatic carbocycles. The number of aromatic nitrogens is 1. The fourth-order valence-corrected chi connectivity index (χ4v) is 1.54. The van der Waals surface area contributed by atoms with Crippen LogP contribution in [0.4, 0.5) is 17.6 Å². The van der Waals surface area contributed by atoms with Crippen molar-refractivity contribution >= 4 is 0 Å². The lowest BCUT2D eigenvalue weighted by atomic mass is 10.1. The van der Waals surface area contributed by atoms with Crippen LogP contribution in [0.5, 0.6) is 0 Å². The largest absolute Gasteiger partial charge is 0.419 e. The summed E-state index contributed by atoms with van der Waals surface area (Å²) in [5, 5.41) is 3.62. The zero-order valence-corrected chi connectivity index (χ0v) is 9.83. The molecule has 1 atom stereocenters. The predicted octanol–water partition coefficient (Wildman–Crippen LogP) is 3.52. The first kappa shape index (κ1) is 13.5. The van der Waals surface area contributed by atoms with Gasteiger partial charge in [-0.05, 0) is 25.1 Å². The van der Waals surface area contributed by atoms with E-state index in [4.69, 9.17) is 10.3 Å². The van der Waals surface area contributed by atoms with E-state index in [0.717, 1.165) is 6.07 Å². The zero-order chi connectivity index (χ0) is 14.2. The minimum absolute atomic E-state index is 0.115. The van der Waals surface area contributed by atoms with Crippen molar-refractivity contribution in [3.63, 3.8) is 0 Å². The normalized spacial score (nSPS) is 13.6. The summed E-state index contributed by atoms with van der Waals surface area (Å²) in [7, 11) is 0. The molecule has 102 valence electrons. The maximum Gasteiger partial charge on any atom is 0.419 e. The summed E-state index contributed by atoms with van der Waals surface area (Å²) in [6.45, 7) is 1.65. The Balaban J connectivity index is 2.45. The van der Waals surface area contributed by atoms with Gasteiger partial charge in [0.15, 0.2) is 5.76 Å². The second kappa shape index (κ2) is 4.65. The van der Waals surface area contributed by atoms with E-state index >= 15 is 0 Å². The summed E-state index contributed by atoms with van der Waals surface area (Å²) in [5.41, 5.74) is 4.51. The van der Waals surface area contributed by atoms with Gasteiger partial charge in [0.1, 0.15) is 11.5 Å². The van der Waals surface area contributed by atoms with Crippen molar-refractivity contribution in [2.24, 2.45) is 5.73 Å². The summed E-state index contributed by atoms with van der Waals surface area (Å²) in [4.78, 5) is 0. The van der Waals surface area contributed by atoms with Gasteiger partial charge in [0.25, 0.3) is 0 Å². The molecule has 0 spiro atoms. The Hall–Kier alpha value is -1.89. The molecule has 1 heterocycles. The highest BCUT2D eigenvalue weighted by Gasteiger charge is 2.34. The molecule has 1 unspecified atom stereocenters. The highest BCUT2D eigenvalue weighted by atomic mass is 19.4. The molecule has 0 amide bonds. The molecule has 0 radical (unpaired) electrons. The van der Waals surface area contributed by atoms with Crippen molar-refractivity contribution in [1.82, 2.24) is 5.16 Å². The van der Waals surface area contributed by atoms with Gasteiger partial charge in [0.05, 0.1) is 11.6 Å². The van der Waals surface area contributed by atoms with E-state index in [0.29, 0.717) is 11.8 Å². The Morgan fingerprint density at radius 3 is 2.47 bits per heavy atom. The van der Waals surface area contributed by atoms with Gasteiger partial charge in [-0.3, -0.25) is 0 Å². The van der Waals surface area contributed by atoms with Crippen LogP contribution >= 0.6 is 0 Å². The van der Waals surface area contributed by atoms with E-state index in [9.17, 15) is 17.6 Å². The maximum atomic E-state index is 13.1. The molecular weight excluding hydrogens is 264 g/mol.